The van der Waals surface area contributed by atoms with Crippen LogP contribution >= 0.6 is 11.6 Å². The highest BCUT2D eigenvalue weighted by molar-refractivity contribution is 6.19. The Labute approximate surface area is 130 Å². The summed E-state index contributed by atoms with van der Waals surface area (Å²) in [6.07, 6.45) is 4.61. The normalized spacial score (nSPS) is 33.2. The Bertz CT molecular complexity index is 586. The Morgan fingerprint density at radius 3 is 2.76 bits per heavy atom. The second-order valence-electron chi connectivity index (χ2n) is 6.40. The second-order valence-corrected chi connectivity index (χ2v) is 6.77. The average molecular weight is 303 g/mol. The zero-order valence-electron chi connectivity index (χ0n) is 11.9. The first-order chi connectivity index (χ1) is 10.3. The first-order valence-corrected chi connectivity index (χ1v) is 8.35. The number of amides is 1. The monoisotopic (exact) mass is 302 g/mol. The quantitative estimate of drug-likeness (QED) is 0.786. The molecule has 1 aliphatic heterocycles. The van der Waals surface area contributed by atoms with Gasteiger partial charge in [-0.15, -0.1) is 11.6 Å². The van der Waals surface area contributed by atoms with Crippen molar-refractivity contribution in [3.05, 3.63) is 35.9 Å². The Hall–Kier alpha value is -1.35. The Morgan fingerprint density at radius 2 is 2.00 bits per heavy atom. The summed E-state index contributed by atoms with van der Waals surface area (Å²) >= 11 is 5.93. The lowest BCUT2D eigenvalue weighted by molar-refractivity contribution is 0.0629. The molecule has 4 rings (SSSR count). The molecule has 2 bridgehead atoms. The van der Waals surface area contributed by atoms with Crippen LogP contribution in [-0.2, 0) is 0 Å². The summed E-state index contributed by atoms with van der Waals surface area (Å²) in [5, 5.41) is 6.48. The fourth-order valence-corrected chi connectivity index (χ4v) is 4.75. The fourth-order valence-electron chi connectivity index (χ4n) is 4.56. The standard InChI is InChI=1S/C17H19ClN2O/c18-9-8-14-15-12-6-7-13(10-12)16(15)20(19-14)17(21)11-4-2-1-3-5-11/h1-5,12-13,15-16H,6-10H2/t12-,13+,15+,16+/m0/s1. The third kappa shape index (κ3) is 2.02. The maximum absolute atomic E-state index is 12.8. The molecule has 0 radical (unpaired) electrons. The van der Waals surface area contributed by atoms with Gasteiger partial charge in [0.2, 0.25) is 0 Å². The number of halogens is 1. The molecule has 3 nitrogen and oxygen atoms in total. The van der Waals surface area contributed by atoms with E-state index >= 15 is 0 Å². The van der Waals surface area contributed by atoms with E-state index in [1.54, 1.807) is 5.01 Å². The number of carbonyl (C=O) groups excluding carboxylic acids is 1. The van der Waals surface area contributed by atoms with Crippen LogP contribution in [0, 0.1) is 17.8 Å². The molecule has 2 aliphatic carbocycles. The summed E-state index contributed by atoms with van der Waals surface area (Å²) in [4.78, 5) is 12.8. The van der Waals surface area contributed by atoms with Crippen LogP contribution in [0.1, 0.15) is 36.0 Å². The van der Waals surface area contributed by atoms with E-state index < -0.39 is 0 Å². The number of rotatable bonds is 3. The van der Waals surface area contributed by atoms with Gasteiger partial charge in [-0.2, -0.15) is 5.10 Å². The number of benzene rings is 1. The second kappa shape index (κ2) is 5.13. The van der Waals surface area contributed by atoms with Crippen LogP contribution in [0.5, 0.6) is 0 Å². The summed E-state index contributed by atoms with van der Waals surface area (Å²) in [6.45, 7) is 0. The van der Waals surface area contributed by atoms with Crippen LogP contribution in [0.3, 0.4) is 0 Å². The molecule has 0 saturated heterocycles. The predicted molar refractivity (Wildman–Crippen MR) is 83.5 cm³/mol. The zero-order chi connectivity index (χ0) is 14.4. The summed E-state index contributed by atoms with van der Waals surface area (Å²) in [5.41, 5.74) is 1.89. The van der Waals surface area contributed by atoms with Crippen molar-refractivity contribution in [2.75, 3.05) is 5.88 Å². The molecule has 1 amide bonds. The van der Waals surface area contributed by atoms with Crippen molar-refractivity contribution in [3.8, 4) is 0 Å². The predicted octanol–water partition coefficient (Wildman–Crippen LogP) is 3.54. The molecule has 2 fully saturated rings. The van der Waals surface area contributed by atoms with E-state index in [1.165, 1.54) is 19.3 Å². The van der Waals surface area contributed by atoms with E-state index in [1.807, 2.05) is 30.3 Å². The van der Waals surface area contributed by atoms with E-state index in [0.717, 1.165) is 23.6 Å². The van der Waals surface area contributed by atoms with E-state index in [9.17, 15) is 4.79 Å². The number of hydrogen-bond acceptors (Lipinski definition) is 2. The number of alkyl halides is 1. The van der Waals surface area contributed by atoms with E-state index in [-0.39, 0.29) is 11.9 Å². The molecule has 4 heteroatoms. The van der Waals surface area contributed by atoms with Crippen molar-refractivity contribution in [2.24, 2.45) is 22.9 Å². The van der Waals surface area contributed by atoms with Gasteiger partial charge in [-0.1, -0.05) is 18.2 Å². The van der Waals surface area contributed by atoms with Crippen molar-refractivity contribution in [1.29, 1.82) is 0 Å². The molecule has 0 aromatic heterocycles. The number of fused-ring (bicyclic) bond motifs is 5. The van der Waals surface area contributed by atoms with Gasteiger partial charge < -0.3 is 0 Å². The van der Waals surface area contributed by atoms with Crippen LogP contribution in [0.15, 0.2) is 35.4 Å². The average Bonchev–Trinajstić information content (AvgIpc) is 3.20. The number of nitrogens with zero attached hydrogens (tertiary/aromatic N) is 2. The maximum Gasteiger partial charge on any atom is 0.274 e. The van der Waals surface area contributed by atoms with Crippen LogP contribution in [0.4, 0.5) is 0 Å². The topological polar surface area (TPSA) is 32.7 Å². The molecule has 0 spiro atoms. The molecule has 1 heterocycles. The Kier molecular flexibility index (Phi) is 3.26. The largest absolute Gasteiger partial charge is 0.274 e. The molecule has 110 valence electrons. The third-order valence-electron chi connectivity index (χ3n) is 5.36. The minimum Gasteiger partial charge on any atom is -0.267 e. The van der Waals surface area contributed by atoms with Gasteiger partial charge in [-0.05, 0) is 43.2 Å². The minimum absolute atomic E-state index is 0.0442. The van der Waals surface area contributed by atoms with Crippen LogP contribution in [-0.4, -0.2) is 28.5 Å². The molecule has 3 aliphatic rings. The number of hydrazone groups is 1. The molecule has 21 heavy (non-hydrogen) atoms. The van der Waals surface area contributed by atoms with Gasteiger partial charge in [-0.25, -0.2) is 5.01 Å². The maximum atomic E-state index is 12.8. The van der Waals surface area contributed by atoms with Crippen molar-refractivity contribution in [3.63, 3.8) is 0 Å². The minimum atomic E-state index is 0.0442. The highest BCUT2D eigenvalue weighted by Crippen LogP contribution is 2.54. The Morgan fingerprint density at radius 1 is 1.24 bits per heavy atom. The molecule has 2 saturated carbocycles. The van der Waals surface area contributed by atoms with Gasteiger partial charge in [0.1, 0.15) is 0 Å². The smallest absolute Gasteiger partial charge is 0.267 e. The van der Waals surface area contributed by atoms with Gasteiger partial charge >= 0.3 is 0 Å². The van der Waals surface area contributed by atoms with Gasteiger partial charge in [0.05, 0.1) is 6.04 Å². The lowest BCUT2D eigenvalue weighted by Crippen LogP contribution is -2.41. The van der Waals surface area contributed by atoms with Gasteiger partial charge in [0.15, 0.2) is 0 Å². The number of carbonyl (C=O) groups is 1. The first-order valence-electron chi connectivity index (χ1n) is 7.81. The molecule has 0 N–H and O–H groups in total. The molecule has 1 aromatic rings. The van der Waals surface area contributed by atoms with Crippen molar-refractivity contribution < 1.29 is 4.79 Å². The molecular formula is C17H19ClN2O. The van der Waals surface area contributed by atoms with Gasteiger partial charge in [-0.3, -0.25) is 4.79 Å². The van der Waals surface area contributed by atoms with E-state index in [4.69, 9.17) is 16.7 Å². The lowest BCUT2D eigenvalue weighted by Gasteiger charge is -2.30. The highest BCUT2D eigenvalue weighted by Gasteiger charge is 2.56. The van der Waals surface area contributed by atoms with Crippen molar-refractivity contribution in [1.82, 2.24) is 5.01 Å². The van der Waals surface area contributed by atoms with Crippen LogP contribution < -0.4 is 0 Å². The summed E-state index contributed by atoms with van der Waals surface area (Å²) in [5.74, 6) is 2.45. The molecule has 4 atom stereocenters. The SMILES string of the molecule is O=C(c1ccccc1)N1N=C(CCCl)[C@H]2[C@H]3CC[C@H](C3)[C@H]21. The summed E-state index contributed by atoms with van der Waals surface area (Å²) < 4.78 is 0. The summed E-state index contributed by atoms with van der Waals surface area (Å²) in [7, 11) is 0. The zero-order valence-corrected chi connectivity index (χ0v) is 12.7. The fraction of sp³-hybridized carbons (Fsp3) is 0.529. The van der Waals surface area contributed by atoms with Gasteiger partial charge in [0, 0.05) is 29.5 Å². The number of hydrogen-bond donors (Lipinski definition) is 0. The van der Waals surface area contributed by atoms with E-state index in [0.29, 0.717) is 17.7 Å². The highest BCUT2D eigenvalue weighted by atomic mass is 35.5. The Balaban J connectivity index is 1.67. The third-order valence-corrected chi connectivity index (χ3v) is 5.54. The van der Waals surface area contributed by atoms with Crippen molar-refractivity contribution in [2.45, 2.75) is 31.7 Å². The van der Waals surface area contributed by atoms with Crippen LogP contribution in [0.2, 0.25) is 0 Å². The van der Waals surface area contributed by atoms with Crippen molar-refractivity contribution >= 4 is 23.2 Å². The molecule has 0 unspecified atom stereocenters. The molecule has 1 aromatic carbocycles. The molecular weight excluding hydrogens is 284 g/mol. The van der Waals surface area contributed by atoms with Crippen LogP contribution in [0.25, 0.3) is 0 Å². The van der Waals surface area contributed by atoms with Gasteiger partial charge in [0.25, 0.3) is 5.91 Å². The first kappa shape index (κ1) is 13.3. The lowest BCUT2D eigenvalue weighted by atomic mass is 9.81. The summed E-state index contributed by atoms with van der Waals surface area (Å²) in [6, 6.07) is 9.79. The van der Waals surface area contributed by atoms with E-state index in [2.05, 4.69) is 0 Å².